The molecule has 0 aliphatic heterocycles. The molecule has 1 rings (SSSR count). The van der Waals surface area contributed by atoms with Crippen LogP contribution in [-0.4, -0.2) is 29.2 Å². The van der Waals surface area contributed by atoms with E-state index in [0.717, 1.165) is 12.8 Å². The summed E-state index contributed by atoms with van der Waals surface area (Å²) in [6.07, 6.45) is 0.897. The second-order valence-corrected chi connectivity index (χ2v) is 3.62. The van der Waals surface area contributed by atoms with E-state index in [-0.39, 0.29) is 12.5 Å². The molecule has 0 saturated heterocycles. The Balaban J connectivity index is 2.67. The fraction of sp³-hybridized carbons (Fsp3) is 0.889. The Morgan fingerprint density at radius 2 is 2.53 bits per heavy atom. The lowest BCUT2D eigenvalue weighted by molar-refractivity contribution is -0.130. The number of hydrogen-bond donors (Lipinski definition) is 2. The molecule has 2 N–H and O–H groups in total. The molecule has 1 amide bonds. The van der Waals surface area contributed by atoms with E-state index < -0.39 is 18.0 Å². The van der Waals surface area contributed by atoms with Crippen LogP contribution in [0.3, 0.4) is 0 Å². The normalized spacial score (nSPS) is 21.9. The van der Waals surface area contributed by atoms with E-state index in [1.54, 1.807) is 6.92 Å². The largest absolute Gasteiger partial charge is 0.383 e. The average Bonchev–Trinajstić information content (AvgIpc) is 3.01. The molecule has 0 radical (unpaired) electrons. The minimum atomic E-state index is -1.80. The monoisotopic (exact) mass is 213 g/mol. The SMILES string of the molecule is [2H]C(CCC)(N=[N+]=[N-])C(O)C(=O)NC1CC1. The molecule has 1 aliphatic carbocycles. The Bertz CT molecular complexity index is 315. The van der Waals surface area contributed by atoms with Crippen LogP contribution in [0.15, 0.2) is 5.11 Å². The predicted molar refractivity (Wildman–Crippen MR) is 55.0 cm³/mol. The van der Waals surface area contributed by atoms with Crippen LogP contribution < -0.4 is 5.32 Å². The summed E-state index contributed by atoms with van der Waals surface area (Å²) < 4.78 is 7.79. The Morgan fingerprint density at radius 3 is 3.00 bits per heavy atom. The van der Waals surface area contributed by atoms with Gasteiger partial charge in [0.2, 0.25) is 5.91 Å². The van der Waals surface area contributed by atoms with Crippen molar-refractivity contribution in [2.45, 2.75) is 50.8 Å². The molecule has 2 unspecified atom stereocenters. The van der Waals surface area contributed by atoms with Gasteiger partial charge < -0.3 is 10.4 Å². The zero-order valence-corrected chi connectivity index (χ0v) is 8.68. The van der Waals surface area contributed by atoms with Crippen molar-refractivity contribution in [3.05, 3.63) is 10.4 Å². The highest BCUT2D eigenvalue weighted by Crippen LogP contribution is 2.19. The van der Waals surface area contributed by atoms with E-state index in [2.05, 4.69) is 15.3 Å². The van der Waals surface area contributed by atoms with Crippen LogP contribution in [0.25, 0.3) is 10.4 Å². The van der Waals surface area contributed by atoms with Gasteiger partial charge in [0.25, 0.3) is 0 Å². The van der Waals surface area contributed by atoms with Crippen molar-refractivity contribution in [3.8, 4) is 0 Å². The standard InChI is InChI=1S/C9H16N4O2/c1-2-3-7(12-13-10)8(14)9(15)11-6-4-5-6/h6-8,14H,2-5H2,1H3,(H,11,15)/i7D. The first-order valence-electron chi connectivity index (χ1n) is 5.58. The van der Waals surface area contributed by atoms with Gasteiger partial charge in [0.1, 0.15) is 6.10 Å². The highest BCUT2D eigenvalue weighted by Gasteiger charge is 2.30. The fourth-order valence-electron chi connectivity index (χ4n) is 1.21. The van der Waals surface area contributed by atoms with Crippen molar-refractivity contribution in [2.24, 2.45) is 5.11 Å². The molecule has 15 heavy (non-hydrogen) atoms. The Labute approximate surface area is 89.7 Å². The summed E-state index contributed by atoms with van der Waals surface area (Å²) in [7, 11) is 0. The minimum absolute atomic E-state index is 0.110. The van der Waals surface area contributed by atoms with Crippen LogP contribution in [-0.2, 0) is 4.79 Å². The maximum atomic E-state index is 11.5. The highest BCUT2D eigenvalue weighted by molar-refractivity contribution is 5.81. The number of carbonyl (C=O) groups is 1. The maximum absolute atomic E-state index is 11.5. The molecule has 0 aromatic rings. The van der Waals surface area contributed by atoms with E-state index in [9.17, 15) is 9.90 Å². The number of azide groups is 1. The molecule has 1 fully saturated rings. The summed E-state index contributed by atoms with van der Waals surface area (Å²) in [6.45, 7) is 1.79. The molecule has 6 heteroatoms. The van der Waals surface area contributed by atoms with Gasteiger partial charge in [0, 0.05) is 12.3 Å². The quantitative estimate of drug-likeness (QED) is 0.392. The van der Waals surface area contributed by atoms with Crippen LogP contribution in [0.2, 0.25) is 0 Å². The minimum Gasteiger partial charge on any atom is -0.383 e. The van der Waals surface area contributed by atoms with Gasteiger partial charge in [-0.1, -0.05) is 18.5 Å². The smallest absolute Gasteiger partial charge is 0.249 e. The number of rotatable bonds is 6. The summed E-state index contributed by atoms with van der Waals surface area (Å²) in [5.74, 6) is -0.627. The maximum Gasteiger partial charge on any atom is 0.249 e. The third-order valence-corrected chi connectivity index (χ3v) is 2.17. The molecular weight excluding hydrogens is 196 g/mol. The molecule has 1 saturated carbocycles. The number of hydrogen-bond acceptors (Lipinski definition) is 3. The van der Waals surface area contributed by atoms with Gasteiger partial charge in [0.15, 0.2) is 0 Å². The first-order valence-corrected chi connectivity index (χ1v) is 5.08. The first kappa shape index (κ1) is 10.3. The number of nitrogens with zero attached hydrogens (tertiary/aromatic N) is 3. The summed E-state index contributed by atoms with van der Waals surface area (Å²) in [6, 6.07) is -1.69. The summed E-state index contributed by atoms with van der Waals surface area (Å²) in [5.41, 5.74) is 8.35. The van der Waals surface area contributed by atoms with Crippen LogP contribution in [0, 0.1) is 0 Å². The molecule has 0 spiro atoms. The van der Waals surface area contributed by atoms with Gasteiger partial charge in [0.05, 0.1) is 6.02 Å². The Morgan fingerprint density at radius 1 is 1.87 bits per heavy atom. The van der Waals surface area contributed by atoms with Crippen molar-refractivity contribution in [3.63, 3.8) is 0 Å². The van der Waals surface area contributed by atoms with Crippen LogP contribution in [0.5, 0.6) is 0 Å². The number of aliphatic hydroxyl groups excluding tert-OH is 1. The van der Waals surface area contributed by atoms with Gasteiger partial charge in [-0.15, -0.1) is 0 Å². The second kappa shape index (κ2) is 5.58. The van der Waals surface area contributed by atoms with Crippen LogP contribution in [0.1, 0.15) is 34.0 Å². The number of aliphatic hydroxyl groups is 1. The van der Waals surface area contributed by atoms with Crippen LogP contribution in [0.4, 0.5) is 0 Å². The highest BCUT2D eigenvalue weighted by atomic mass is 16.3. The summed E-state index contributed by atoms with van der Waals surface area (Å²) in [5, 5.41) is 15.5. The number of carbonyl (C=O) groups excluding carboxylic acids is 1. The van der Waals surface area contributed by atoms with E-state index >= 15 is 0 Å². The van der Waals surface area contributed by atoms with Crippen LogP contribution >= 0.6 is 0 Å². The molecule has 1 aliphatic rings. The molecule has 2 atom stereocenters. The number of amides is 1. The van der Waals surface area contributed by atoms with Gasteiger partial charge in [-0.2, -0.15) is 0 Å². The van der Waals surface area contributed by atoms with E-state index in [0.29, 0.717) is 6.42 Å². The zero-order chi connectivity index (χ0) is 12.2. The van der Waals surface area contributed by atoms with E-state index in [1.165, 1.54) is 0 Å². The lowest BCUT2D eigenvalue weighted by atomic mass is 10.1. The second-order valence-electron chi connectivity index (χ2n) is 3.62. The zero-order valence-electron chi connectivity index (χ0n) is 9.68. The van der Waals surface area contributed by atoms with Crippen molar-refractivity contribution in [2.75, 3.05) is 0 Å². The molecule has 0 aromatic heterocycles. The van der Waals surface area contributed by atoms with E-state index in [4.69, 9.17) is 6.90 Å². The topological polar surface area (TPSA) is 98.1 Å². The third-order valence-electron chi connectivity index (χ3n) is 2.17. The molecular formula is C9H16N4O2. The van der Waals surface area contributed by atoms with Crippen molar-refractivity contribution >= 4 is 5.91 Å². The van der Waals surface area contributed by atoms with Crippen molar-refractivity contribution < 1.29 is 11.3 Å². The third kappa shape index (κ3) is 3.77. The molecule has 0 heterocycles. The molecule has 84 valence electrons. The average molecular weight is 213 g/mol. The van der Waals surface area contributed by atoms with Crippen molar-refractivity contribution in [1.29, 1.82) is 0 Å². The molecule has 6 nitrogen and oxygen atoms in total. The van der Waals surface area contributed by atoms with Crippen molar-refractivity contribution in [1.82, 2.24) is 5.32 Å². The fourth-order valence-corrected chi connectivity index (χ4v) is 1.21. The Hall–Kier alpha value is -1.26. The van der Waals surface area contributed by atoms with Gasteiger partial charge >= 0.3 is 0 Å². The lowest BCUT2D eigenvalue weighted by Crippen LogP contribution is -2.42. The van der Waals surface area contributed by atoms with Gasteiger partial charge in [-0.25, -0.2) is 0 Å². The molecule has 0 bridgehead atoms. The lowest BCUT2D eigenvalue weighted by Gasteiger charge is -2.16. The molecule has 0 aromatic carbocycles. The van der Waals surface area contributed by atoms with Gasteiger partial charge in [-0.3, -0.25) is 4.79 Å². The van der Waals surface area contributed by atoms with E-state index in [1.807, 2.05) is 0 Å². The summed E-state index contributed by atoms with van der Waals surface area (Å²) >= 11 is 0. The van der Waals surface area contributed by atoms with Gasteiger partial charge in [-0.05, 0) is 24.8 Å². The number of nitrogens with one attached hydrogen (secondary N) is 1. The predicted octanol–water partition coefficient (Wildman–Crippen LogP) is 1.10. The first-order chi connectivity index (χ1) is 7.53. The Kier molecular flexibility index (Phi) is 3.82. The summed E-state index contributed by atoms with van der Waals surface area (Å²) in [4.78, 5) is 14.0.